The minimum absolute atomic E-state index is 0.0580. The van der Waals surface area contributed by atoms with Crippen LogP contribution in [0.25, 0.3) is 11.3 Å². The number of fused-ring (bicyclic) bond motifs is 7. The Morgan fingerprint density at radius 2 is 1.57 bits per heavy atom. The SMILES string of the molecule is CC(C)(CC(=O)O)CC(=O)O[C@H]1CC[C@]2(C)[C@H]3CC[C@@H]4[C@H]5[C@H](C6(C)CC6)CC[C@]5(C(=O)N5CCC[C@H]5c5ncc(-c6ccc(F)cc6)[nH]5)CC[C@@]4(C)[C@]3(C)CC[C@H]2C1(C)C. The van der Waals surface area contributed by atoms with Crippen LogP contribution in [0, 0.1) is 73.3 Å². The summed E-state index contributed by atoms with van der Waals surface area (Å²) in [6.45, 7) is 19.6. The number of hydrogen-bond acceptors (Lipinski definition) is 5. The molecule has 9 rings (SSSR count). The van der Waals surface area contributed by atoms with Crippen LogP contribution in [0.5, 0.6) is 0 Å². The van der Waals surface area contributed by atoms with Crippen molar-refractivity contribution in [3.8, 4) is 11.3 Å². The van der Waals surface area contributed by atoms with Gasteiger partial charge in [0.15, 0.2) is 0 Å². The molecule has 0 unspecified atom stereocenters. The summed E-state index contributed by atoms with van der Waals surface area (Å²) in [6, 6.07) is 6.46. The molecule has 2 heterocycles. The smallest absolute Gasteiger partial charge is 0.306 e. The van der Waals surface area contributed by atoms with Crippen LogP contribution < -0.4 is 0 Å². The van der Waals surface area contributed by atoms with Gasteiger partial charge < -0.3 is 19.7 Å². The Morgan fingerprint density at radius 1 is 0.833 bits per heavy atom. The van der Waals surface area contributed by atoms with Crippen LogP contribution in [0.1, 0.15) is 170 Å². The monoisotopic (exact) mass is 826 g/mol. The number of carboxylic acid groups (broad SMARTS) is 1. The molecule has 1 aliphatic heterocycles. The molecule has 9 heteroatoms. The number of carbonyl (C=O) groups excluding carboxylic acids is 2. The second kappa shape index (κ2) is 14.1. The molecule has 11 atom stereocenters. The van der Waals surface area contributed by atoms with E-state index < -0.39 is 11.4 Å². The number of likely N-dealkylation sites (tertiary alicyclic amines) is 1. The first-order valence-corrected chi connectivity index (χ1v) is 23.7. The predicted octanol–water partition coefficient (Wildman–Crippen LogP) is 11.6. The average molecular weight is 826 g/mol. The van der Waals surface area contributed by atoms with E-state index in [1.807, 2.05) is 20.0 Å². The third-order valence-corrected chi connectivity index (χ3v) is 19.8. The van der Waals surface area contributed by atoms with Gasteiger partial charge in [0.1, 0.15) is 17.7 Å². The highest BCUT2D eigenvalue weighted by Gasteiger charge is 2.74. The molecule has 0 bridgehead atoms. The molecule has 1 amide bonds. The molecule has 1 saturated heterocycles. The van der Waals surface area contributed by atoms with E-state index >= 15 is 4.79 Å². The molecule has 2 N–H and O–H groups in total. The summed E-state index contributed by atoms with van der Waals surface area (Å²) < 4.78 is 20.1. The van der Waals surface area contributed by atoms with Crippen LogP contribution in [0.4, 0.5) is 4.39 Å². The molecule has 6 aliphatic carbocycles. The number of amides is 1. The van der Waals surface area contributed by atoms with Gasteiger partial charge in [-0.25, -0.2) is 9.37 Å². The Kier molecular flexibility index (Phi) is 9.92. The number of nitrogens with one attached hydrogen (secondary N) is 1. The lowest BCUT2D eigenvalue weighted by Crippen LogP contribution is -2.67. The number of ether oxygens (including phenoxy) is 1. The zero-order chi connectivity index (χ0) is 42.8. The predicted molar refractivity (Wildman–Crippen MR) is 230 cm³/mol. The van der Waals surface area contributed by atoms with Gasteiger partial charge in [-0.2, -0.15) is 0 Å². The zero-order valence-electron chi connectivity index (χ0n) is 37.8. The number of carbonyl (C=O) groups is 3. The molecule has 7 aliphatic rings. The van der Waals surface area contributed by atoms with Crippen LogP contribution >= 0.6 is 0 Å². The largest absolute Gasteiger partial charge is 0.481 e. The fraction of sp³-hybridized carbons (Fsp3) is 0.765. The third kappa shape index (κ3) is 6.36. The Labute approximate surface area is 358 Å². The van der Waals surface area contributed by atoms with E-state index in [2.05, 4.69) is 51.4 Å². The Hall–Kier alpha value is -3.23. The highest BCUT2D eigenvalue weighted by atomic mass is 19.1. The maximum atomic E-state index is 15.7. The summed E-state index contributed by atoms with van der Waals surface area (Å²) in [5, 5.41) is 9.41. The number of nitrogens with zero attached hydrogens (tertiary/aromatic N) is 2. The number of aromatic nitrogens is 2. The van der Waals surface area contributed by atoms with Crippen molar-refractivity contribution in [2.75, 3.05) is 6.54 Å². The number of rotatable bonds is 9. The minimum atomic E-state index is -0.889. The van der Waals surface area contributed by atoms with Gasteiger partial charge in [0, 0.05) is 12.0 Å². The van der Waals surface area contributed by atoms with Gasteiger partial charge in [0.2, 0.25) is 5.91 Å². The zero-order valence-corrected chi connectivity index (χ0v) is 37.8. The van der Waals surface area contributed by atoms with E-state index in [4.69, 9.17) is 9.72 Å². The number of halogens is 1. The molecule has 6 saturated carbocycles. The van der Waals surface area contributed by atoms with Gasteiger partial charge >= 0.3 is 11.9 Å². The first kappa shape index (κ1) is 42.1. The minimum Gasteiger partial charge on any atom is -0.481 e. The van der Waals surface area contributed by atoms with Crippen molar-refractivity contribution in [3.63, 3.8) is 0 Å². The van der Waals surface area contributed by atoms with Crippen molar-refractivity contribution in [1.82, 2.24) is 14.9 Å². The number of imidazole rings is 1. The second-order valence-corrected chi connectivity index (χ2v) is 23.7. The molecular weight excluding hydrogens is 754 g/mol. The Bertz CT molecular complexity index is 2020. The van der Waals surface area contributed by atoms with Crippen molar-refractivity contribution < 1.29 is 28.6 Å². The van der Waals surface area contributed by atoms with Crippen LogP contribution in [0.15, 0.2) is 30.5 Å². The first-order chi connectivity index (χ1) is 28.2. The Morgan fingerprint density at radius 3 is 2.27 bits per heavy atom. The average Bonchev–Trinajstić information content (AvgIpc) is 3.55. The molecule has 328 valence electrons. The third-order valence-electron chi connectivity index (χ3n) is 19.8. The van der Waals surface area contributed by atoms with E-state index in [1.54, 1.807) is 12.1 Å². The molecule has 8 nitrogen and oxygen atoms in total. The van der Waals surface area contributed by atoms with Gasteiger partial charge in [-0.05, 0) is 176 Å². The number of carboxylic acids is 1. The molecule has 60 heavy (non-hydrogen) atoms. The summed E-state index contributed by atoms with van der Waals surface area (Å²) in [6.07, 6.45) is 17.0. The molecule has 1 aromatic carbocycles. The fourth-order valence-electron chi connectivity index (χ4n) is 16.4. The second-order valence-electron chi connectivity index (χ2n) is 23.7. The van der Waals surface area contributed by atoms with Crippen LogP contribution in [-0.4, -0.2) is 50.5 Å². The van der Waals surface area contributed by atoms with Crippen LogP contribution in [-0.2, 0) is 19.1 Å². The lowest BCUT2D eigenvalue weighted by atomic mass is 9.32. The lowest BCUT2D eigenvalue weighted by molar-refractivity contribution is -0.251. The van der Waals surface area contributed by atoms with Crippen LogP contribution in [0.3, 0.4) is 0 Å². The normalized spacial score (nSPS) is 40.1. The number of aromatic amines is 1. The van der Waals surface area contributed by atoms with E-state index in [9.17, 15) is 19.1 Å². The molecule has 0 spiro atoms. The first-order valence-electron chi connectivity index (χ1n) is 23.7. The van der Waals surface area contributed by atoms with Crippen molar-refractivity contribution in [2.45, 2.75) is 170 Å². The lowest BCUT2D eigenvalue weighted by Gasteiger charge is -2.73. The van der Waals surface area contributed by atoms with E-state index in [0.717, 1.165) is 81.4 Å². The number of H-pyrrole nitrogens is 1. The summed E-state index contributed by atoms with van der Waals surface area (Å²) in [7, 11) is 0. The van der Waals surface area contributed by atoms with E-state index in [1.165, 1.54) is 44.2 Å². The summed E-state index contributed by atoms with van der Waals surface area (Å²) in [5.74, 6) is 2.30. The van der Waals surface area contributed by atoms with Gasteiger partial charge in [-0.15, -0.1) is 0 Å². The van der Waals surface area contributed by atoms with Crippen molar-refractivity contribution in [1.29, 1.82) is 0 Å². The van der Waals surface area contributed by atoms with Crippen molar-refractivity contribution in [2.24, 2.45) is 67.5 Å². The van der Waals surface area contributed by atoms with E-state index in [0.29, 0.717) is 40.9 Å². The topological polar surface area (TPSA) is 113 Å². The van der Waals surface area contributed by atoms with E-state index in [-0.39, 0.29) is 63.8 Å². The highest BCUT2D eigenvalue weighted by Crippen LogP contribution is 2.79. The van der Waals surface area contributed by atoms with Gasteiger partial charge in [-0.1, -0.05) is 55.4 Å². The van der Waals surface area contributed by atoms with Crippen molar-refractivity contribution >= 4 is 17.8 Å². The van der Waals surface area contributed by atoms with Crippen molar-refractivity contribution in [3.05, 3.63) is 42.1 Å². The summed E-state index contributed by atoms with van der Waals surface area (Å²) >= 11 is 0. The Balaban J connectivity index is 0.977. The van der Waals surface area contributed by atoms with Gasteiger partial charge in [-0.3, -0.25) is 14.4 Å². The van der Waals surface area contributed by atoms with Gasteiger partial charge in [0.25, 0.3) is 0 Å². The standard InChI is InChI=1S/C51H72FN3O5/c1-45(2,28-40(56)57)29-41(58)60-39-19-20-48(6)37(46(39,3)4)18-21-50(8)38(48)16-15-34-42-33(47(5)23-24-47)17-22-51(42,26-25-49(34,50)7)44(59)55-27-9-10-36(55)43-53-30-35(54-43)31-11-13-32(52)14-12-31/h11-14,30,33-34,36-39,42H,9-10,15-29H2,1-8H3,(H,53,54)(H,56,57)/t33-,34-,36+,37+,38-,39+,42-,48+,49-,50-,51+/m1/s1. The summed E-state index contributed by atoms with van der Waals surface area (Å²) in [5.41, 5.74) is 1.32. The highest BCUT2D eigenvalue weighted by molar-refractivity contribution is 5.84. The molecule has 2 aromatic rings. The number of benzene rings is 1. The molecule has 7 fully saturated rings. The number of esters is 1. The molecule has 1 aromatic heterocycles. The number of aliphatic carboxylic acids is 1. The quantitative estimate of drug-likeness (QED) is 0.244. The number of hydrogen-bond donors (Lipinski definition) is 2. The molecular formula is C51H72FN3O5. The van der Waals surface area contributed by atoms with Gasteiger partial charge in [0.05, 0.1) is 36.2 Å². The molecule has 0 radical (unpaired) electrons. The fourth-order valence-corrected chi connectivity index (χ4v) is 16.4. The maximum Gasteiger partial charge on any atom is 0.306 e. The summed E-state index contributed by atoms with van der Waals surface area (Å²) in [4.78, 5) is 51.1. The maximum absolute atomic E-state index is 15.7. The van der Waals surface area contributed by atoms with Crippen LogP contribution in [0.2, 0.25) is 0 Å².